The highest BCUT2D eigenvalue weighted by Crippen LogP contribution is 2.19. The van der Waals surface area contributed by atoms with E-state index >= 15 is 0 Å². The summed E-state index contributed by atoms with van der Waals surface area (Å²) in [6, 6.07) is 0.599. The summed E-state index contributed by atoms with van der Waals surface area (Å²) in [7, 11) is 1.88. The third-order valence-electron chi connectivity index (χ3n) is 3.49. The van der Waals surface area contributed by atoms with Gasteiger partial charge in [-0.2, -0.15) is 0 Å². The summed E-state index contributed by atoms with van der Waals surface area (Å²) in [4.78, 5) is 11.9. The first-order valence-electron chi connectivity index (χ1n) is 5.86. The Kier molecular flexibility index (Phi) is 3.59. The molecule has 0 radical (unpaired) electrons. The van der Waals surface area contributed by atoms with Crippen LogP contribution in [0, 0.1) is 5.92 Å². The van der Waals surface area contributed by atoms with Crippen molar-refractivity contribution in [2.45, 2.75) is 37.8 Å². The summed E-state index contributed by atoms with van der Waals surface area (Å²) < 4.78 is 5.32. The van der Waals surface area contributed by atoms with Crippen LogP contribution in [0.25, 0.3) is 0 Å². The highest BCUT2D eigenvalue weighted by molar-refractivity contribution is 5.80. The molecule has 2 rings (SSSR count). The molecule has 0 aromatic rings. The molecule has 4 heteroatoms. The molecule has 1 aliphatic carbocycles. The van der Waals surface area contributed by atoms with Crippen molar-refractivity contribution in [3.63, 3.8) is 0 Å². The SMILES string of the molecule is CNC1COCC1C(=O)NC1CCCC1. The number of amides is 1. The monoisotopic (exact) mass is 212 g/mol. The van der Waals surface area contributed by atoms with Crippen LogP contribution in [0.2, 0.25) is 0 Å². The van der Waals surface area contributed by atoms with Crippen molar-refractivity contribution in [1.29, 1.82) is 0 Å². The lowest BCUT2D eigenvalue weighted by Crippen LogP contribution is -2.45. The second kappa shape index (κ2) is 4.94. The van der Waals surface area contributed by atoms with Crippen LogP contribution in [0.1, 0.15) is 25.7 Å². The van der Waals surface area contributed by atoms with E-state index in [0.717, 1.165) is 12.8 Å². The number of hydrogen-bond acceptors (Lipinski definition) is 3. The summed E-state index contributed by atoms with van der Waals surface area (Å²) in [5.41, 5.74) is 0. The number of likely N-dealkylation sites (N-methyl/N-ethyl adjacent to an activating group) is 1. The molecule has 1 saturated heterocycles. The van der Waals surface area contributed by atoms with Gasteiger partial charge < -0.3 is 15.4 Å². The molecule has 1 amide bonds. The van der Waals surface area contributed by atoms with E-state index in [9.17, 15) is 4.79 Å². The van der Waals surface area contributed by atoms with Crippen LogP contribution in [0.4, 0.5) is 0 Å². The minimum atomic E-state index is -0.00407. The Morgan fingerprint density at radius 3 is 2.67 bits per heavy atom. The van der Waals surface area contributed by atoms with E-state index < -0.39 is 0 Å². The fraction of sp³-hybridized carbons (Fsp3) is 0.909. The van der Waals surface area contributed by atoms with Gasteiger partial charge in [0.1, 0.15) is 0 Å². The predicted molar refractivity (Wildman–Crippen MR) is 57.6 cm³/mol. The lowest BCUT2D eigenvalue weighted by atomic mass is 10.0. The molecule has 86 valence electrons. The molecular weight excluding hydrogens is 192 g/mol. The molecule has 1 saturated carbocycles. The number of hydrogen-bond donors (Lipinski definition) is 2. The molecule has 0 aromatic heterocycles. The maximum atomic E-state index is 11.9. The largest absolute Gasteiger partial charge is 0.379 e. The van der Waals surface area contributed by atoms with Crippen LogP contribution in [-0.2, 0) is 9.53 Å². The Hall–Kier alpha value is -0.610. The first-order chi connectivity index (χ1) is 7.31. The molecule has 0 aromatic carbocycles. The van der Waals surface area contributed by atoms with Crippen molar-refractivity contribution in [2.75, 3.05) is 20.3 Å². The highest BCUT2D eigenvalue weighted by atomic mass is 16.5. The lowest BCUT2D eigenvalue weighted by molar-refractivity contribution is -0.126. The van der Waals surface area contributed by atoms with Crippen molar-refractivity contribution in [1.82, 2.24) is 10.6 Å². The summed E-state index contributed by atoms with van der Waals surface area (Å²) in [5.74, 6) is 0.161. The Morgan fingerprint density at radius 2 is 2.00 bits per heavy atom. The van der Waals surface area contributed by atoms with E-state index in [0.29, 0.717) is 19.3 Å². The van der Waals surface area contributed by atoms with Crippen LogP contribution in [-0.4, -0.2) is 38.3 Å². The molecular formula is C11H20N2O2. The summed E-state index contributed by atoms with van der Waals surface area (Å²) in [6.45, 7) is 1.21. The fourth-order valence-electron chi connectivity index (χ4n) is 2.48. The molecule has 2 aliphatic rings. The average molecular weight is 212 g/mol. The van der Waals surface area contributed by atoms with Gasteiger partial charge in [0.15, 0.2) is 0 Å². The highest BCUT2D eigenvalue weighted by Gasteiger charge is 2.34. The van der Waals surface area contributed by atoms with Gasteiger partial charge in [-0.3, -0.25) is 4.79 Å². The minimum absolute atomic E-state index is 0.00407. The number of rotatable bonds is 3. The van der Waals surface area contributed by atoms with E-state index in [1.807, 2.05) is 7.05 Å². The van der Waals surface area contributed by atoms with Crippen LogP contribution in [0.3, 0.4) is 0 Å². The number of carbonyl (C=O) groups excluding carboxylic acids is 1. The second-order valence-corrected chi connectivity index (χ2v) is 4.53. The Balaban J connectivity index is 1.83. The number of nitrogens with one attached hydrogen (secondary N) is 2. The third-order valence-corrected chi connectivity index (χ3v) is 3.49. The van der Waals surface area contributed by atoms with Crippen LogP contribution in [0.5, 0.6) is 0 Å². The van der Waals surface area contributed by atoms with Crippen LogP contribution in [0.15, 0.2) is 0 Å². The van der Waals surface area contributed by atoms with Crippen molar-refractivity contribution in [3.05, 3.63) is 0 Å². The smallest absolute Gasteiger partial charge is 0.227 e. The van der Waals surface area contributed by atoms with E-state index in [1.54, 1.807) is 0 Å². The summed E-state index contributed by atoms with van der Waals surface area (Å²) in [5, 5.41) is 6.26. The topological polar surface area (TPSA) is 50.4 Å². The Bertz CT molecular complexity index is 227. The molecule has 1 aliphatic heterocycles. The van der Waals surface area contributed by atoms with Gasteiger partial charge in [0.05, 0.1) is 19.1 Å². The number of ether oxygens (including phenoxy) is 1. The molecule has 2 fully saturated rings. The summed E-state index contributed by atoms with van der Waals surface area (Å²) >= 11 is 0. The first-order valence-corrected chi connectivity index (χ1v) is 5.86. The lowest BCUT2D eigenvalue weighted by Gasteiger charge is -2.19. The van der Waals surface area contributed by atoms with Gasteiger partial charge in [-0.15, -0.1) is 0 Å². The van der Waals surface area contributed by atoms with Gasteiger partial charge in [0.2, 0.25) is 5.91 Å². The minimum Gasteiger partial charge on any atom is -0.379 e. The molecule has 2 N–H and O–H groups in total. The molecule has 15 heavy (non-hydrogen) atoms. The second-order valence-electron chi connectivity index (χ2n) is 4.53. The fourth-order valence-corrected chi connectivity index (χ4v) is 2.48. The standard InChI is InChI=1S/C11H20N2O2/c1-12-10-7-15-6-9(10)11(14)13-8-4-2-3-5-8/h8-10,12H,2-7H2,1H3,(H,13,14). The molecule has 4 nitrogen and oxygen atoms in total. The van der Waals surface area contributed by atoms with Crippen molar-refractivity contribution in [3.8, 4) is 0 Å². The molecule has 2 atom stereocenters. The summed E-state index contributed by atoms with van der Waals surface area (Å²) in [6.07, 6.45) is 4.79. The number of carbonyl (C=O) groups is 1. The van der Waals surface area contributed by atoms with Crippen LogP contribution >= 0.6 is 0 Å². The van der Waals surface area contributed by atoms with Gasteiger partial charge >= 0.3 is 0 Å². The van der Waals surface area contributed by atoms with Gasteiger partial charge in [-0.25, -0.2) is 0 Å². The Morgan fingerprint density at radius 1 is 1.27 bits per heavy atom. The molecule has 0 bridgehead atoms. The molecule has 2 unspecified atom stereocenters. The van der Waals surface area contributed by atoms with Crippen molar-refractivity contribution >= 4 is 5.91 Å². The van der Waals surface area contributed by atoms with Gasteiger partial charge in [-0.1, -0.05) is 12.8 Å². The first kappa shape index (κ1) is 10.9. The van der Waals surface area contributed by atoms with Gasteiger partial charge in [0.25, 0.3) is 0 Å². The van der Waals surface area contributed by atoms with E-state index in [-0.39, 0.29) is 17.9 Å². The zero-order valence-electron chi connectivity index (χ0n) is 9.29. The molecule has 0 spiro atoms. The third kappa shape index (κ3) is 2.49. The Labute approximate surface area is 90.8 Å². The van der Waals surface area contributed by atoms with Crippen molar-refractivity contribution in [2.24, 2.45) is 5.92 Å². The maximum absolute atomic E-state index is 11.9. The normalized spacial score (nSPS) is 32.1. The molecule has 1 heterocycles. The van der Waals surface area contributed by atoms with Crippen LogP contribution < -0.4 is 10.6 Å². The van der Waals surface area contributed by atoms with E-state index in [1.165, 1.54) is 12.8 Å². The van der Waals surface area contributed by atoms with Crippen molar-refractivity contribution < 1.29 is 9.53 Å². The zero-order valence-corrected chi connectivity index (χ0v) is 9.29. The maximum Gasteiger partial charge on any atom is 0.227 e. The van der Waals surface area contributed by atoms with Gasteiger partial charge in [0, 0.05) is 12.1 Å². The van der Waals surface area contributed by atoms with E-state index in [2.05, 4.69) is 10.6 Å². The van der Waals surface area contributed by atoms with E-state index in [4.69, 9.17) is 4.74 Å². The zero-order chi connectivity index (χ0) is 10.7. The predicted octanol–water partition coefficient (Wildman–Crippen LogP) is 0.280. The quantitative estimate of drug-likeness (QED) is 0.706. The van der Waals surface area contributed by atoms with Gasteiger partial charge in [-0.05, 0) is 19.9 Å². The average Bonchev–Trinajstić information content (AvgIpc) is 2.86.